The molecule has 0 atom stereocenters. The lowest BCUT2D eigenvalue weighted by atomic mass is 10.1. The second kappa shape index (κ2) is 4.39. The zero-order chi connectivity index (χ0) is 12.3. The molecular weight excluding hydrogens is 218 g/mol. The van der Waals surface area contributed by atoms with Crippen molar-refractivity contribution in [1.29, 1.82) is 0 Å². The summed E-state index contributed by atoms with van der Waals surface area (Å²) >= 11 is 0. The van der Waals surface area contributed by atoms with Crippen LogP contribution >= 0.6 is 0 Å². The van der Waals surface area contributed by atoms with Crippen LogP contribution in [0.25, 0.3) is 0 Å². The van der Waals surface area contributed by atoms with Gasteiger partial charge >= 0.3 is 5.97 Å². The van der Waals surface area contributed by atoms with Crippen molar-refractivity contribution in [2.75, 3.05) is 7.11 Å². The van der Waals surface area contributed by atoms with E-state index in [0.717, 1.165) is 25.3 Å². The van der Waals surface area contributed by atoms with Gasteiger partial charge in [0.05, 0.1) is 18.0 Å². The number of nitro benzene ring substituents is 1. The van der Waals surface area contributed by atoms with Gasteiger partial charge in [-0.2, -0.15) is 0 Å². The summed E-state index contributed by atoms with van der Waals surface area (Å²) in [7, 11) is 1.04. The maximum absolute atomic E-state index is 11.2. The van der Waals surface area contributed by atoms with Gasteiger partial charge in [-0.15, -0.1) is 0 Å². The first-order valence-corrected chi connectivity index (χ1v) is 4.05. The quantitative estimate of drug-likeness (QED) is 0.397. The molecule has 7 heteroatoms. The highest BCUT2D eigenvalue weighted by Gasteiger charge is 2.21. The van der Waals surface area contributed by atoms with E-state index in [-0.39, 0.29) is 5.56 Å². The van der Waals surface area contributed by atoms with Crippen LogP contribution in [0.1, 0.15) is 20.7 Å². The van der Waals surface area contributed by atoms with Crippen molar-refractivity contribution in [2.45, 2.75) is 0 Å². The Bertz CT molecular complexity index is 467. The zero-order valence-electron chi connectivity index (χ0n) is 8.13. The summed E-state index contributed by atoms with van der Waals surface area (Å²) in [6.07, 6.45) is 0. The van der Waals surface area contributed by atoms with E-state index in [0.29, 0.717) is 0 Å². The molecule has 0 heterocycles. The standard InChI is InChI=1S/C9H7NO6/c1-16-9(13)6-4-5(8(11)12)2-3-7(6)10(14)15/h2-4H,1H3,(H,11,12)/p-1. The van der Waals surface area contributed by atoms with Gasteiger partial charge in [0, 0.05) is 6.07 Å². The topological polar surface area (TPSA) is 110 Å². The Morgan fingerprint density at radius 2 is 2.00 bits per heavy atom. The molecule has 0 aliphatic rings. The zero-order valence-corrected chi connectivity index (χ0v) is 8.13. The van der Waals surface area contributed by atoms with Gasteiger partial charge in [0.15, 0.2) is 0 Å². The first kappa shape index (κ1) is 11.6. The highest BCUT2D eigenvalue weighted by atomic mass is 16.6. The number of rotatable bonds is 3. The molecule has 0 aliphatic heterocycles. The fraction of sp³-hybridized carbons (Fsp3) is 0.111. The summed E-state index contributed by atoms with van der Waals surface area (Å²) in [5, 5.41) is 21.1. The van der Waals surface area contributed by atoms with E-state index in [4.69, 9.17) is 0 Å². The molecule has 0 amide bonds. The Balaban J connectivity index is 3.38. The summed E-state index contributed by atoms with van der Waals surface area (Å²) in [4.78, 5) is 31.4. The smallest absolute Gasteiger partial charge is 0.344 e. The normalized spacial score (nSPS) is 9.56. The monoisotopic (exact) mass is 224 g/mol. The molecule has 0 unspecified atom stereocenters. The molecule has 0 aliphatic carbocycles. The number of nitro groups is 1. The Hall–Kier alpha value is -2.44. The molecule has 0 aromatic heterocycles. The molecule has 0 saturated carbocycles. The van der Waals surface area contributed by atoms with Crippen LogP contribution in [-0.2, 0) is 4.74 Å². The van der Waals surface area contributed by atoms with E-state index in [1.54, 1.807) is 0 Å². The molecule has 0 fully saturated rings. The van der Waals surface area contributed by atoms with Crippen molar-refractivity contribution in [2.24, 2.45) is 0 Å². The highest BCUT2D eigenvalue weighted by Crippen LogP contribution is 2.20. The molecule has 7 nitrogen and oxygen atoms in total. The van der Waals surface area contributed by atoms with E-state index in [1.807, 2.05) is 0 Å². The molecule has 1 aromatic carbocycles. The molecule has 84 valence electrons. The number of carbonyl (C=O) groups excluding carboxylic acids is 2. The predicted octanol–water partition coefficient (Wildman–Crippen LogP) is -0.255. The Morgan fingerprint density at radius 1 is 1.38 bits per heavy atom. The summed E-state index contributed by atoms with van der Waals surface area (Å²) in [6.45, 7) is 0. The number of hydrogen-bond donors (Lipinski definition) is 0. The molecular formula is C9H6NO6-. The Labute approximate surface area is 89.4 Å². The molecule has 0 N–H and O–H groups in total. The van der Waals surface area contributed by atoms with Crippen LogP contribution in [-0.4, -0.2) is 24.0 Å². The van der Waals surface area contributed by atoms with E-state index in [9.17, 15) is 24.8 Å². The van der Waals surface area contributed by atoms with Gasteiger partial charge in [0.25, 0.3) is 5.69 Å². The van der Waals surface area contributed by atoms with Crippen molar-refractivity contribution in [3.63, 3.8) is 0 Å². The number of benzene rings is 1. The van der Waals surface area contributed by atoms with E-state index in [1.165, 1.54) is 0 Å². The number of aromatic carboxylic acids is 1. The maximum atomic E-state index is 11.2. The van der Waals surface area contributed by atoms with Gasteiger partial charge in [0.2, 0.25) is 0 Å². The minimum absolute atomic E-state index is 0.328. The average Bonchev–Trinajstić information content (AvgIpc) is 2.26. The second-order valence-corrected chi connectivity index (χ2v) is 2.77. The van der Waals surface area contributed by atoms with Crippen molar-refractivity contribution in [1.82, 2.24) is 0 Å². The Kier molecular flexibility index (Phi) is 3.19. The number of nitrogens with zero attached hydrogens (tertiary/aromatic N) is 1. The maximum Gasteiger partial charge on any atom is 0.344 e. The molecule has 0 saturated heterocycles. The van der Waals surface area contributed by atoms with Crippen LogP contribution in [0.2, 0.25) is 0 Å². The van der Waals surface area contributed by atoms with Crippen molar-refractivity contribution in [3.05, 3.63) is 39.4 Å². The lowest BCUT2D eigenvalue weighted by molar-refractivity contribution is -0.385. The largest absolute Gasteiger partial charge is 0.545 e. The molecule has 0 bridgehead atoms. The molecule has 1 aromatic rings. The molecule has 0 spiro atoms. The Morgan fingerprint density at radius 3 is 2.44 bits per heavy atom. The minimum Gasteiger partial charge on any atom is -0.545 e. The van der Waals surface area contributed by atoms with Gasteiger partial charge in [-0.3, -0.25) is 10.1 Å². The first-order chi connectivity index (χ1) is 7.47. The van der Waals surface area contributed by atoms with Gasteiger partial charge in [-0.1, -0.05) is 0 Å². The van der Waals surface area contributed by atoms with Gasteiger partial charge in [-0.25, -0.2) is 4.79 Å². The summed E-state index contributed by atoms with van der Waals surface area (Å²) in [6, 6.07) is 2.75. The lowest BCUT2D eigenvalue weighted by Crippen LogP contribution is -2.22. The van der Waals surface area contributed by atoms with Crippen molar-refractivity contribution < 1.29 is 24.4 Å². The highest BCUT2D eigenvalue weighted by molar-refractivity contribution is 5.97. The predicted molar refractivity (Wildman–Crippen MR) is 48.8 cm³/mol. The van der Waals surface area contributed by atoms with Crippen LogP contribution in [0.4, 0.5) is 5.69 Å². The minimum atomic E-state index is -1.53. The number of carboxylic acid groups (broad SMARTS) is 1. The number of methoxy groups -OCH3 is 1. The number of esters is 1. The molecule has 0 radical (unpaired) electrons. The average molecular weight is 224 g/mol. The lowest BCUT2D eigenvalue weighted by Gasteiger charge is -2.05. The number of carbonyl (C=O) groups is 2. The SMILES string of the molecule is COC(=O)c1cc(C(=O)[O-])ccc1[N+](=O)[O-]. The van der Waals surface area contributed by atoms with Crippen LogP contribution in [0.5, 0.6) is 0 Å². The van der Waals surface area contributed by atoms with Gasteiger partial charge in [-0.05, 0) is 17.7 Å². The van der Waals surface area contributed by atoms with E-state index >= 15 is 0 Å². The third-order valence-corrected chi connectivity index (χ3v) is 1.83. The van der Waals surface area contributed by atoms with E-state index in [2.05, 4.69) is 4.74 Å². The molecule has 1 rings (SSSR count). The van der Waals surface area contributed by atoms with Gasteiger partial charge in [0.1, 0.15) is 5.56 Å². The van der Waals surface area contributed by atoms with E-state index < -0.39 is 28.1 Å². The van der Waals surface area contributed by atoms with Gasteiger partial charge < -0.3 is 14.6 Å². The fourth-order valence-corrected chi connectivity index (χ4v) is 1.10. The number of carboxylic acids is 1. The molecule has 16 heavy (non-hydrogen) atoms. The number of ether oxygens (including phenoxy) is 1. The summed E-state index contributed by atoms with van der Waals surface area (Å²) in [5.41, 5.74) is -1.27. The first-order valence-electron chi connectivity index (χ1n) is 4.05. The van der Waals surface area contributed by atoms with Crippen molar-refractivity contribution >= 4 is 17.6 Å². The summed E-state index contributed by atoms with van der Waals surface area (Å²) < 4.78 is 4.31. The fourth-order valence-electron chi connectivity index (χ4n) is 1.10. The third-order valence-electron chi connectivity index (χ3n) is 1.83. The van der Waals surface area contributed by atoms with Crippen LogP contribution < -0.4 is 5.11 Å². The third kappa shape index (κ3) is 2.14. The van der Waals surface area contributed by atoms with Crippen molar-refractivity contribution in [3.8, 4) is 0 Å². The summed E-state index contributed by atoms with van der Waals surface area (Å²) in [5.74, 6) is -2.50. The number of hydrogen-bond acceptors (Lipinski definition) is 6. The second-order valence-electron chi connectivity index (χ2n) is 2.77. The van der Waals surface area contributed by atoms with Crippen LogP contribution in [0, 0.1) is 10.1 Å². The van der Waals surface area contributed by atoms with Crippen LogP contribution in [0.3, 0.4) is 0 Å². The van der Waals surface area contributed by atoms with Crippen LogP contribution in [0.15, 0.2) is 18.2 Å².